The molecule has 1 aliphatic rings. The van der Waals surface area contributed by atoms with Gasteiger partial charge in [0.2, 0.25) is 0 Å². The fourth-order valence-corrected chi connectivity index (χ4v) is 3.13. The van der Waals surface area contributed by atoms with Crippen LogP contribution in [-0.4, -0.2) is 19.0 Å². The van der Waals surface area contributed by atoms with E-state index in [0.29, 0.717) is 11.5 Å². The van der Waals surface area contributed by atoms with Crippen LogP contribution in [0, 0.1) is 0 Å². The Morgan fingerprint density at radius 2 is 1.67 bits per heavy atom. The average molecular weight is 322 g/mol. The summed E-state index contributed by atoms with van der Waals surface area (Å²) in [5.74, 6) is 0.493. The van der Waals surface area contributed by atoms with Gasteiger partial charge in [-0.05, 0) is 67.1 Å². The molecule has 1 heterocycles. The van der Waals surface area contributed by atoms with Gasteiger partial charge >= 0.3 is 0 Å². The molecule has 0 saturated carbocycles. The van der Waals surface area contributed by atoms with Crippen LogP contribution in [0.5, 0.6) is 0 Å². The van der Waals surface area contributed by atoms with Gasteiger partial charge in [-0.1, -0.05) is 26.0 Å². The number of hydrogen-bond donors (Lipinski definition) is 1. The van der Waals surface area contributed by atoms with Gasteiger partial charge in [0.05, 0.1) is 0 Å². The van der Waals surface area contributed by atoms with Gasteiger partial charge in [0.25, 0.3) is 5.91 Å². The lowest BCUT2D eigenvalue weighted by molar-refractivity contribution is 0.102. The summed E-state index contributed by atoms with van der Waals surface area (Å²) in [6.07, 6.45) is 3.64. The van der Waals surface area contributed by atoms with Crippen molar-refractivity contribution in [3.8, 4) is 0 Å². The van der Waals surface area contributed by atoms with E-state index < -0.39 is 0 Å². The molecule has 0 aromatic heterocycles. The van der Waals surface area contributed by atoms with Gasteiger partial charge in [-0.2, -0.15) is 0 Å². The summed E-state index contributed by atoms with van der Waals surface area (Å²) >= 11 is 0. The topological polar surface area (TPSA) is 32.3 Å². The van der Waals surface area contributed by atoms with Crippen LogP contribution in [0.1, 0.15) is 54.9 Å². The number of carbonyl (C=O) groups is 1. The Hall–Kier alpha value is -2.29. The highest BCUT2D eigenvalue weighted by molar-refractivity contribution is 6.04. The van der Waals surface area contributed by atoms with E-state index in [1.165, 1.54) is 24.1 Å². The van der Waals surface area contributed by atoms with Crippen LogP contribution >= 0.6 is 0 Å². The summed E-state index contributed by atoms with van der Waals surface area (Å²) in [5, 5.41) is 2.98. The zero-order valence-corrected chi connectivity index (χ0v) is 14.6. The maximum Gasteiger partial charge on any atom is 0.255 e. The lowest BCUT2D eigenvalue weighted by Crippen LogP contribution is -2.18. The van der Waals surface area contributed by atoms with Gasteiger partial charge in [0.1, 0.15) is 0 Å². The van der Waals surface area contributed by atoms with Gasteiger partial charge in [-0.3, -0.25) is 4.79 Å². The Balaban J connectivity index is 1.64. The Morgan fingerprint density at radius 3 is 2.25 bits per heavy atom. The number of hydrogen-bond acceptors (Lipinski definition) is 2. The summed E-state index contributed by atoms with van der Waals surface area (Å²) in [5.41, 5.74) is 4.06. The van der Waals surface area contributed by atoms with Gasteiger partial charge < -0.3 is 10.2 Å². The second-order valence-corrected chi connectivity index (χ2v) is 6.63. The van der Waals surface area contributed by atoms with Gasteiger partial charge in [-0.25, -0.2) is 0 Å². The molecule has 0 aliphatic carbocycles. The monoisotopic (exact) mass is 322 g/mol. The van der Waals surface area contributed by atoms with Crippen molar-refractivity contribution < 1.29 is 4.79 Å². The Bertz CT molecular complexity index is 670. The first-order valence-corrected chi connectivity index (χ1v) is 8.93. The van der Waals surface area contributed by atoms with E-state index in [2.05, 4.69) is 36.2 Å². The predicted octanol–water partition coefficient (Wildman–Crippen LogP) is 5.05. The van der Waals surface area contributed by atoms with E-state index in [1.807, 2.05) is 36.4 Å². The van der Waals surface area contributed by atoms with Crippen molar-refractivity contribution in [3.63, 3.8) is 0 Å². The molecule has 1 atom stereocenters. The highest BCUT2D eigenvalue weighted by Crippen LogP contribution is 2.22. The smallest absolute Gasteiger partial charge is 0.255 e. The maximum absolute atomic E-state index is 12.4. The molecule has 0 radical (unpaired) electrons. The molecule has 0 spiro atoms. The third-order valence-corrected chi connectivity index (χ3v) is 4.95. The molecule has 1 aliphatic heterocycles. The normalized spacial score (nSPS) is 15.3. The highest BCUT2D eigenvalue weighted by atomic mass is 16.1. The van der Waals surface area contributed by atoms with Crippen LogP contribution in [0.25, 0.3) is 0 Å². The molecule has 0 unspecified atom stereocenters. The molecule has 3 nitrogen and oxygen atoms in total. The van der Waals surface area contributed by atoms with Crippen LogP contribution in [0.2, 0.25) is 0 Å². The minimum Gasteiger partial charge on any atom is -0.372 e. The number of nitrogens with zero attached hydrogens (tertiary/aromatic N) is 1. The second-order valence-electron chi connectivity index (χ2n) is 6.63. The average Bonchev–Trinajstić information content (AvgIpc) is 3.16. The molecule has 24 heavy (non-hydrogen) atoms. The minimum absolute atomic E-state index is 0.0562. The van der Waals surface area contributed by atoms with Gasteiger partial charge in [-0.15, -0.1) is 0 Å². The van der Waals surface area contributed by atoms with Crippen LogP contribution in [0.4, 0.5) is 11.4 Å². The molecular weight excluding hydrogens is 296 g/mol. The van der Waals surface area contributed by atoms with Gasteiger partial charge in [0, 0.05) is 30.0 Å². The summed E-state index contributed by atoms with van der Waals surface area (Å²) in [6, 6.07) is 16.1. The molecule has 1 fully saturated rings. The quantitative estimate of drug-likeness (QED) is 0.835. The first-order valence-electron chi connectivity index (χ1n) is 8.93. The van der Waals surface area contributed by atoms with Crippen LogP contribution in [-0.2, 0) is 0 Å². The third-order valence-electron chi connectivity index (χ3n) is 4.95. The molecule has 2 aromatic rings. The molecule has 1 amide bonds. The van der Waals surface area contributed by atoms with Crippen LogP contribution in [0.15, 0.2) is 48.5 Å². The Labute approximate surface area is 144 Å². The summed E-state index contributed by atoms with van der Waals surface area (Å²) < 4.78 is 0. The Kier molecular flexibility index (Phi) is 5.19. The second kappa shape index (κ2) is 7.52. The summed E-state index contributed by atoms with van der Waals surface area (Å²) in [4.78, 5) is 14.8. The van der Waals surface area contributed by atoms with Crippen molar-refractivity contribution >= 4 is 17.3 Å². The highest BCUT2D eigenvalue weighted by Gasteiger charge is 2.13. The van der Waals surface area contributed by atoms with Gasteiger partial charge in [0.15, 0.2) is 0 Å². The molecule has 2 aromatic carbocycles. The van der Waals surface area contributed by atoms with Crippen molar-refractivity contribution in [2.45, 2.75) is 39.0 Å². The number of rotatable bonds is 5. The number of anilines is 2. The number of carbonyl (C=O) groups excluding carboxylic acids is 1. The zero-order chi connectivity index (χ0) is 16.9. The molecular formula is C21H26N2O. The fraction of sp³-hybridized carbons (Fsp3) is 0.381. The van der Waals surface area contributed by atoms with Crippen molar-refractivity contribution in [2.75, 3.05) is 23.3 Å². The van der Waals surface area contributed by atoms with E-state index in [1.54, 1.807) is 0 Å². The minimum atomic E-state index is -0.0562. The van der Waals surface area contributed by atoms with Crippen molar-refractivity contribution in [3.05, 3.63) is 59.7 Å². The zero-order valence-electron chi connectivity index (χ0n) is 14.6. The number of nitrogens with one attached hydrogen (secondary N) is 1. The van der Waals surface area contributed by atoms with E-state index in [4.69, 9.17) is 0 Å². The predicted molar refractivity (Wildman–Crippen MR) is 101 cm³/mol. The molecule has 3 rings (SSSR count). The third kappa shape index (κ3) is 3.78. The first kappa shape index (κ1) is 16.6. The number of amides is 1. The molecule has 1 N–H and O–H groups in total. The molecule has 126 valence electrons. The fourth-order valence-electron chi connectivity index (χ4n) is 3.13. The number of benzene rings is 2. The van der Waals surface area contributed by atoms with E-state index >= 15 is 0 Å². The Morgan fingerprint density at radius 1 is 1.04 bits per heavy atom. The first-order chi connectivity index (χ1) is 11.7. The molecule has 0 bridgehead atoms. The maximum atomic E-state index is 12.4. The SMILES string of the molecule is CC[C@@H](C)c1ccc(NC(=O)c2ccc(N3CCCC3)cc2)cc1. The molecule has 1 saturated heterocycles. The summed E-state index contributed by atoms with van der Waals surface area (Å²) in [6.45, 7) is 6.64. The molecule has 3 heteroatoms. The van der Waals surface area contributed by atoms with E-state index in [-0.39, 0.29) is 5.91 Å². The summed E-state index contributed by atoms with van der Waals surface area (Å²) in [7, 11) is 0. The van der Waals surface area contributed by atoms with Crippen molar-refractivity contribution in [1.82, 2.24) is 0 Å². The van der Waals surface area contributed by atoms with E-state index in [9.17, 15) is 4.79 Å². The lowest BCUT2D eigenvalue weighted by atomic mass is 9.98. The van der Waals surface area contributed by atoms with Crippen molar-refractivity contribution in [1.29, 1.82) is 0 Å². The van der Waals surface area contributed by atoms with E-state index in [0.717, 1.165) is 25.2 Å². The van der Waals surface area contributed by atoms with Crippen molar-refractivity contribution in [2.24, 2.45) is 0 Å². The standard InChI is InChI=1S/C21H26N2O/c1-3-16(2)17-6-10-19(11-7-17)22-21(24)18-8-12-20(13-9-18)23-14-4-5-15-23/h6-13,16H,3-5,14-15H2,1-2H3,(H,22,24)/t16-/m1/s1. The lowest BCUT2D eigenvalue weighted by Gasteiger charge is -2.17. The van der Waals surface area contributed by atoms with Crippen LogP contribution in [0.3, 0.4) is 0 Å². The van der Waals surface area contributed by atoms with Crippen LogP contribution < -0.4 is 10.2 Å². The largest absolute Gasteiger partial charge is 0.372 e.